The zero-order valence-corrected chi connectivity index (χ0v) is 26.0. The smallest absolute Gasteiger partial charge is 0.407 e. The third-order valence-electron chi connectivity index (χ3n) is 9.92. The molecular formula is C34H31ClFN7O3. The number of halogens is 2. The van der Waals surface area contributed by atoms with E-state index >= 15 is 4.39 Å². The summed E-state index contributed by atoms with van der Waals surface area (Å²) in [7, 11) is 1.53. The lowest BCUT2D eigenvalue weighted by molar-refractivity contribution is 0.0958. The number of aromatic nitrogens is 4. The summed E-state index contributed by atoms with van der Waals surface area (Å²) < 4.78 is 19.1. The number of nitrogens with zero attached hydrogens (tertiary/aromatic N) is 5. The number of fused-ring (bicyclic) bond motifs is 4. The van der Waals surface area contributed by atoms with Gasteiger partial charge in [-0.1, -0.05) is 35.9 Å². The molecule has 46 heavy (non-hydrogen) atoms. The molecule has 3 saturated heterocycles. The third kappa shape index (κ3) is 4.21. The van der Waals surface area contributed by atoms with E-state index in [0.29, 0.717) is 51.6 Å². The SMILES string of the molecule is CNC(=O)c1cccc(-c2nc3c(F)c(-c4cccc(C)c4Cl)ncc3c3c2cc(C2CCCN2C(=O)O)n3[C@H]2[C@H]3CN[C@@H]2C3)n1. The fraction of sp³-hybridized carbons (Fsp3) is 0.324. The van der Waals surface area contributed by atoms with E-state index in [1.165, 1.54) is 11.9 Å². The quantitative estimate of drug-likeness (QED) is 0.212. The first-order chi connectivity index (χ1) is 22.3. The van der Waals surface area contributed by atoms with Crippen LogP contribution in [-0.4, -0.2) is 67.7 Å². The number of carbonyl (C=O) groups excluding carboxylic acids is 1. The zero-order valence-electron chi connectivity index (χ0n) is 25.2. The molecule has 3 aliphatic heterocycles. The Labute approximate surface area is 268 Å². The van der Waals surface area contributed by atoms with Crippen LogP contribution in [0.2, 0.25) is 5.02 Å². The largest absolute Gasteiger partial charge is 0.465 e. The van der Waals surface area contributed by atoms with Crippen molar-refractivity contribution in [1.82, 2.24) is 35.1 Å². The number of benzene rings is 1. The van der Waals surface area contributed by atoms with Gasteiger partial charge in [0.05, 0.1) is 34.0 Å². The van der Waals surface area contributed by atoms with Crippen LogP contribution in [0.1, 0.15) is 53.1 Å². The maximum atomic E-state index is 16.8. The van der Waals surface area contributed by atoms with Crippen molar-refractivity contribution in [3.63, 3.8) is 0 Å². The maximum Gasteiger partial charge on any atom is 0.407 e. The minimum absolute atomic E-state index is 0.0568. The molecule has 0 spiro atoms. The van der Waals surface area contributed by atoms with E-state index in [9.17, 15) is 14.7 Å². The molecule has 234 valence electrons. The number of rotatable bonds is 5. The standard InChI is InChI=1S/C34H31ClFN7O3/c1-16-6-3-7-18(26(16)35)29-27(36)30-20(15-39-29)32-19(28(41-30)21-8-4-9-22(40-21)33(44)37-2)13-25(24-10-5-11-42(24)34(45)46)43(32)31-17-12-23(31)38-14-17/h3-4,6-9,13,15,17,23-24,31,38H,5,10-12,14H2,1-2H3,(H,37,44)(H,45,46)/t17-,23-,24?,31+/m1/s1. The molecule has 12 heteroatoms. The monoisotopic (exact) mass is 639 g/mol. The summed E-state index contributed by atoms with van der Waals surface area (Å²) >= 11 is 6.64. The highest BCUT2D eigenvalue weighted by Crippen LogP contribution is 2.50. The molecule has 1 aromatic carbocycles. The van der Waals surface area contributed by atoms with E-state index < -0.39 is 11.9 Å². The van der Waals surface area contributed by atoms with Gasteiger partial charge in [-0.05, 0) is 55.9 Å². The van der Waals surface area contributed by atoms with Gasteiger partial charge in [0.15, 0.2) is 5.82 Å². The molecule has 3 N–H and O–H groups in total. The lowest BCUT2D eigenvalue weighted by Crippen LogP contribution is -2.40. The molecule has 5 aromatic rings. The number of aryl methyl sites for hydroxylation is 1. The summed E-state index contributed by atoms with van der Waals surface area (Å²) in [5, 5.41) is 18.0. The number of hydrogen-bond acceptors (Lipinski definition) is 6. The molecule has 1 saturated carbocycles. The van der Waals surface area contributed by atoms with Crippen molar-refractivity contribution in [1.29, 1.82) is 0 Å². The molecule has 0 radical (unpaired) electrons. The van der Waals surface area contributed by atoms with Gasteiger partial charge in [-0.25, -0.2) is 19.2 Å². The number of carbonyl (C=O) groups is 2. The molecule has 4 aromatic heterocycles. The van der Waals surface area contributed by atoms with Crippen LogP contribution >= 0.6 is 11.6 Å². The van der Waals surface area contributed by atoms with E-state index in [-0.39, 0.29) is 40.9 Å². The second-order valence-electron chi connectivity index (χ2n) is 12.4. The highest BCUT2D eigenvalue weighted by molar-refractivity contribution is 6.34. The van der Waals surface area contributed by atoms with Crippen molar-refractivity contribution < 1.29 is 19.1 Å². The fourth-order valence-electron chi connectivity index (χ4n) is 7.69. The van der Waals surface area contributed by atoms with Gasteiger partial charge >= 0.3 is 6.09 Å². The number of nitrogens with one attached hydrogen (secondary N) is 2. The van der Waals surface area contributed by atoms with Crippen molar-refractivity contribution in [3.05, 3.63) is 76.5 Å². The molecule has 4 aliphatic rings. The number of hydrogen-bond donors (Lipinski definition) is 3. The Morgan fingerprint density at radius 2 is 1.96 bits per heavy atom. The summed E-state index contributed by atoms with van der Waals surface area (Å²) in [5.41, 5.74) is 4.03. The van der Waals surface area contributed by atoms with Gasteiger partial charge in [0.25, 0.3) is 5.91 Å². The summed E-state index contributed by atoms with van der Waals surface area (Å²) in [5.74, 6) is -0.625. The van der Waals surface area contributed by atoms with Crippen LogP contribution in [0.15, 0.2) is 48.7 Å². The Morgan fingerprint density at radius 3 is 2.70 bits per heavy atom. The molecule has 1 aliphatic carbocycles. The van der Waals surface area contributed by atoms with E-state index in [1.807, 2.05) is 25.1 Å². The summed E-state index contributed by atoms with van der Waals surface area (Å²) in [6, 6.07) is 12.4. The Morgan fingerprint density at radius 1 is 1.13 bits per heavy atom. The topological polar surface area (TPSA) is 125 Å². The number of carboxylic acid groups (broad SMARTS) is 1. The van der Waals surface area contributed by atoms with Crippen LogP contribution in [0.25, 0.3) is 44.5 Å². The van der Waals surface area contributed by atoms with E-state index in [4.69, 9.17) is 16.6 Å². The van der Waals surface area contributed by atoms with Crippen molar-refractivity contribution in [2.45, 2.75) is 44.3 Å². The van der Waals surface area contributed by atoms with Crippen molar-refractivity contribution >= 4 is 45.4 Å². The van der Waals surface area contributed by atoms with E-state index in [0.717, 1.165) is 36.2 Å². The molecule has 4 fully saturated rings. The summed E-state index contributed by atoms with van der Waals surface area (Å²) in [6.45, 7) is 3.15. The number of amides is 2. The first kappa shape index (κ1) is 28.8. The average Bonchev–Trinajstić information content (AvgIpc) is 3.87. The van der Waals surface area contributed by atoms with Gasteiger partial charge in [-0.15, -0.1) is 0 Å². The van der Waals surface area contributed by atoms with Gasteiger partial charge < -0.3 is 20.3 Å². The Bertz CT molecular complexity index is 2090. The van der Waals surface area contributed by atoms with Crippen molar-refractivity contribution in [2.75, 3.05) is 20.1 Å². The average molecular weight is 640 g/mol. The van der Waals surface area contributed by atoms with Gasteiger partial charge in [-0.3, -0.25) is 14.7 Å². The van der Waals surface area contributed by atoms with E-state index in [2.05, 4.69) is 25.2 Å². The maximum absolute atomic E-state index is 16.8. The Balaban J connectivity index is 1.47. The highest BCUT2D eigenvalue weighted by Gasteiger charge is 2.50. The lowest BCUT2D eigenvalue weighted by atomic mass is 9.79. The molecule has 1 unspecified atom stereocenters. The molecule has 10 nitrogen and oxygen atoms in total. The Kier molecular flexibility index (Phi) is 6.73. The minimum atomic E-state index is -0.968. The fourth-order valence-corrected chi connectivity index (χ4v) is 7.90. The second-order valence-corrected chi connectivity index (χ2v) is 12.8. The van der Waals surface area contributed by atoms with Gasteiger partial charge in [-0.2, -0.15) is 0 Å². The first-order valence-corrected chi connectivity index (χ1v) is 15.9. The summed E-state index contributed by atoms with van der Waals surface area (Å²) in [4.78, 5) is 40.7. The van der Waals surface area contributed by atoms with Crippen LogP contribution in [0.4, 0.5) is 9.18 Å². The van der Waals surface area contributed by atoms with Crippen LogP contribution < -0.4 is 10.6 Å². The molecule has 2 amide bonds. The normalized spacial score (nSPS) is 22.0. The van der Waals surface area contributed by atoms with Crippen LogP contribution in [0.3, 0.4) is 0 Å². The van der Waals surface area contributed by atoms with Gasteiger partial charge in [0.2, 0.25) is 0 Å². The van der Waals surface area contributed by atoms with E-state index in [1.54, 1.807) is 30.5 Å². The molecule has 7 heterocycles. The first-order valence-electron chi connectivity index (χ1n) is 15.5. The number of likely N-dealkylation sites (tertiary alicyclic amines) is 1. The molecule has 4 atom stereocenters. The summed E-state index contributed by atoms with van der Waals surface area (Å²) in [6.07, 6.45) is 3.12. The predicted octanol–water partition coefficient (Wildman–Crippen LogP) is 6.12. The van der Waals surface area contributed by atoms with Crippen LogP contribution in [-0.2, 0) is 0 Å². The van der Waals surface area contributed by atoms with Crippen molar-refractivity contribution in [3.8, 4) is 22.6 Å². The second kappa shape index (κ2) is 10.7. The molecular weight excluding hydrogens is 609 g/mol. The Hall–Kier alpha value is -4.61. The molecule has 2 bridgehead atoms. The predicted molar refractivity (Wildman–Crippen MR) is 172 cm³/mol. The third-order valence-corrected chi connectivity index (χ3v) is 10.4. The minimum Gasteiger partial charge on any atom is -0.465 e. The zero-order chi connectivity index (χ0) is 31.9. The lowest BCUT2D eigenvalue weighted by Gasteiger charge is -2.39. The van der Waals surface area contributed by atoms with Crippen molar-refractivity contribution in [2.24, 2.45) is 5.92 Å². The number of pyridine rings is 3. The van der Waals surface area contributed by atoms with Crippen LogP contribution in [0, 0.1) is 18.7 Å². The molecule has 9 rings (SSSR count). The van der Waals surface area contributed by atoms with Crippen LogP contribution in [0.5, 0.6) is 0 Å². The highest BCUT2D eigenvalue weighted by atomic mass is 35.5. The van der Waals surface area contributed by atoms with Gasteiger partial charge in [0.1, 0.15) is 16.9 Å². The van der Waals surface area contributed by atoms with Gasteiger partial charge in [0, 0.05) is 54.4 Å².